The predicted molar refractivity (Wildman–Crippen MR) is 127 cm³/mol. The van der Waals surface area contributed by atoms with Gasteiger partial charge in [0.05, 0.1) is 25.8 Å². The molecule has 168 valence electrons. The monoisotopic (exact) mass is 443 g/mol. The molecule has 3 aromatic rings. The van der Waals surface area contributed by atoms with E-state index in [0.717, 1.165) is 11.1 Å². The number of anilines is 1. The molecule has 33 heavy (non-hydrogen) atoms. The van der Waals surface area contributed by atoms with E-state index in [1.165, 1.54) is 12.0 Å². The van der Waals surface area contributed by atoms with E-state index in [2.05, 4.69) is 0 Å². The van der Waals surface area contributed by atoms with Crippen LogP contribution < -0.4 is 14.4 Å². The highest BCUT2D eigenvalue weighted by atomic mass is 16.5. The van der Waals surface area contributed by atoms with Gasteiger partial charge in [-0.2, -0.15) is 0 Å². The molecular weight excluding hydrogens is 418 g/mol. The zero-order valence-corrected chi connectivity index (χ0v) is 19.0. The van der Waals surface area contributed by atoms with Crippen LogP contribution in [0, 0.1) is 13.8 Å². The maximum atomic E-state index is 13.3. The van der Waals surface area contributed by atoms with Gasteiger partial charge in [0.15, 0.2) is 0 Å². The highest BCUT2D eigenvalue weighted by molar-refractivity contribution is 6.51. The van der Waals surface area contributed by atoms with Gasteiger partial charge in [-0.1, -0.05) is 30.3 Å². The number of Topliss-reactive ketones (excluding diaryl/α,β-unsaturated/α-hetero) is 1. The number of amides is 1. The third-order valence-corrected chi connectivity index (χ3v) is 5.70. The summed E-state index contributed by atoms with van der Waals surface area (Å²) in [6, 6.07) is 18.8. The quantitative estimate of drug-likeness (QED) is 0.343. The fourth-order valence-electron chi connectivity index (χ4n) is 4.22. The van der Waals surface area contributed by atoms with Gasteiger partial charge in [0, 0.05) is 11.3 Å². The molecule has 1 amide bonds. The number of hydrogen-bond donors (Lipinski definition) is 1. The average Bonchev–Trinajstić information content (AvgIpc) is 3.08. The summed E-state index contributed by atoms with van der Waals surface area (Å²) in [5, 5.41) is 11.2. The number of carbonyl (C=O) groups is 2. The van der Waals surface area contributed by atoms with Crippen molar-refractivity contribution in [2.75, 3.05) is 19.1 Å². The molecule has 6 nitrogen and oxygen atoms in total. The first-order valence-corrected chi connectivity index (χ1v) is 10.5. The molecule has 0 saturated carbocycles. The molecule has 0 aromatic heterocycles. The Kier molecular flexibility index (Phi) is 5.92. The van der Waals surface area contributed by atoms with Gasteiger partial charge in [-0.25, -0.2) is 0 Å². The SMILES string of the molecule is COc1ccc(C2/C(=C(\O)c3cccc(OC)c3)C(=O)C(=O)N2c2cc(C)cc(C)c2)cc1. The largest absolute Gasteiger partial charge is 0.507 e. The summed E-state index contributed by atoms with van der Waals surface area (Å²) >= 11 is 0. The standard InChI is InChI=1S/C27H25NO5/c1-16-12-17(2)14-20(13-16)28-24(18-8-10-21(32-3)11-9-18)23(26(30)27(28)31)25(29)19-6-5-7-22(15-19)33-4/h5-15,24,29H,1-4H3/b25-23+. The predicted octanol–water partition coefficient (Wildman–Crippen LogP) is 4.95. The van der Waals surface area contributed by atoms with Crippen molar-refractivity contribution in [2.24, 2.45) is 0 Å². The zero-order valence-electron chi connectivity index (χ0n) is 19.0. The second-order valence-electron chi connectivity index (χ2n) is 8.02. The number of ether oxygens (including phenoxy) is 2. The average molecular weight is 443 g/mol. The number of aliphatic hydroxyl groups is 1. The smallest absolute Gasteiger partial charge is 0.300 e. The van der Waals surface area contributed by atoms with Gasteiger partial charge in [0.25, 0.3) is 11.7 Å². The number of carbonyl (C=O) groups excluding carboxylic acids is 2. The van der Waals surface area contributed by atoms with Crippen molar-refractivity contribution in [3.63, 3.8) is 0 Å². The molecule has 1 aliphatic heterocycles. The first-order chi connectivity index (χ1) is 15.8. The maximum Gasteiger partial charge on any atom is 0.300 e. The molecule has 1 heterocycles. The molecule has 1 saturated heterocycles. The number of aliphatic hydroxyl groups excluding tert-OH is 1. The molecule has 0 spiro atoms. The highest BCUT2D eigenvalue weighted by Crippen LogP contribution is 2.43. The summed E-state index contributed by atoms with van der Waals surface area (Å²) in [6.07, 6.45) is 0. The minimum absolute atomic E-state index is 0.0255. The van der Waals surface area contributed by atoms with Crippen LogP contribution in [-0.4, -0.2) is 31.0 Å². The first-order valence-electron chi connectivity index (χ1n) is 10.5. The number of nitrogens with zero attached hydrogens (tertiary/aromatic N) is 1. The van der Waals surface area contributed by atoms with Crippen molar-refractivity contribution < 1.29 is 24.2 Å². The molecule has 1 N–H and O–H groups in total. The number of ketones is 1. The molecule has 1 unspecified atom stereocenters. The van der Waals surface area contributed by atoms with Crippen molar-refractivity contribution in [3.8, 4) is 11.5 Å². The van der Waals surface area contributed by atoms with Crippen LogP contribution in [0.4, 0.5) is 5.69 Å². The van der Waals surface area contributed by atoms with Crippen LogP contribution in [0.5, 0.6) is 11.5 Å². The summed E-state index contributed by atoms with van der Waals surface area (Å²) < 4.78 is 10.5. The summed E-state index contributed by atoms with van der Waals surface area (Å²) in [6.45, 7) is 3.87. The number of hydrogen-bond acceptors (Lipinski definition) is 5. The molecular formula is C27H25NO5. The summed E-state index contributed by atoms with van der Waals surface area (Å²) in [4.78, 5) is 28.0. The van der Waals surface area contributed by atoms with Crippen molar-refractivity contribution >= 4 is 23.1 Å². The Morgan fingerprint density at radius 2 is 1.48 bits per heavy atom. The van der Waals surface area contributed by atoms with Gasteiger partial charge in [0.2, 0.25) is 0 Å². The Balaban J connectivity index is 1.95. The van der Waals surface area contributed by atoms with Gasteiger partial charge >= 0.3 is 0 Å². The lowest BCUT2D eigenvalue weighted by Crippen LogP contribution is -2.29. The lowest BCUT2D eigenvalue weighted by Gasteiger charge is -2.26. The van der Waals surface area contributed by atoms with E-state index in [0.29, 0.717) is 28.3 Å². The van der Waals surface area contributed by atoms with Crippen LogP contribution >= 0.6 is 0 Å². The molecule has 1 aliphatic rings. The third kappa shape index (κ3) is 4.07. The van der Waals surface area contributed by atoms with Gasteiger partial charge < -0.3 is 14.6 Å². The molecule has 0 bridgehead atoms. The molecule has 4 rings (SSSR count). The van der Waals surface area contributed by atoms with E-state index in [9.17, 15) is 14.7 Å². The van der Waals surface area contributed by atoms with Crippen molar-refractivity contribution in [1.29, 1.82) is 0 Å². The van der Waals surface area contributed by atoms with Gasteiger partial charge in [-0.05, 0) is 66.9 Å². The Bertz CT molecular complexity index is 1240. The number of rotatable bonds is 5. The second kappa shape index (κ2) is 8.82. The Hall–Kier alpha value is -4.06. The molecule has 3 aromatic carbocycles. The van der Waals surface area contributed by atoms with Gasteiger partial charge in [-0.15, -0.1) is 0 Å². The van der Waals surface area contributed by atoms with Crippen LogP contribution in [0.15, 0.2) is 72.3 Å². The minimum atomic E-state index is -0.802. The minimum Gasteiger partial charge on any atom is -0.507 e. The van der Waals surface area contributed by atoms with Crippen LogP contribution in [-0.2, 0) is 9.59 Å². The molecule has 1 atom stereocenters. The molecule has 6 heteroatoms. The van der Waals surface area contributed by atoms with Crippen molar-refractivity contribution in [1.82, 2.24) is 0 Å². The maximum absolute atomic E-state index is 13.3. The third-order valence-electron chi connectivity index (χ3n) is 5.70. The van der Waals surface area contributed by atoms with Crippen LogP contribution in [0.25, 0.3) is 5.76 Å². The first kappa shape index (κ1) is 22.1. The van der Waals surface area contributed by atoms with E-state index in [1.807, 2.05) is 32.0 Å². The van der Waals surface area contributed by atoms with E-state index in [1.54, 1.807) is 55.6 Å². The number of aryl methyl sites for hydroxylation is 2. The second-order valence-corrected chi connectivity index (χ2v) is 8.02. The van der Waals surface area contributed by atoms with Crippen LogP contribution in [0.1, 0.15) is 28.3 Å². The fourth-order valence-corrected chi connectivity index (χ4v) is 4.22. The summed E-state index contributed by atoms with van der Waals surface area (Å²) in [5.74, 6) is -0.501. The Morgan fingerprint density at radius 3 is 2.09 bits per heavy atom. The van der Waals surface area contributed by atoms with Gasteiger partial charge in [0.1, 0.15) is 17.3 Å². The molecule has 0 radical (unpaired) electrons. The zero-order chi connectivity index (χ0) is 23.7. The van der Waals surface area contributed by atoms with Crippen LogP contribution in [0.3, 0.4) is 0 Å². The van der Waals surface area contributed by atoms with Crippen molar-refractivity contribution in [2.45, 2.75) is 19.9 Å². The van der Waals surface area contributed by atoms with Crippen molar-refractivity contribution in [3.05, 3.63) is 94.6 Å². The van der Waals surface area contributed by atoms with E-state index in [-0.39, 0.29) is 11.3 Å². The molecule has 1 fully saturated rings. The fraction of sp³-hybridized carbons (Fsp3) is 0.185. The van der Waals surface area contributed by atoms with E-state index >= 15 is 0 Å². The summed E-state index contributed by atoms with van der Waals surface area (Å²) in [7, 11) is 3.09. The van der Waals surface area contributed by atoms with Crippen LogP contribution in [0.2, 0.25) is 0 Å². The number of benzene rings is 3. The van der Waals surface area contributed by atoms with E-state index < -0.39 is 17.7 Å². The normalized spacial score (nSPS) is 17.3. The lowest BCUT2D eigenvalue weighted by atomic mass is 9.95. The molecule has 0 aliphatic carbocycles. The topological polar surface area (TPSA) is 76.1 Å². The Labute approximate surface area is 192 Å². The highest BCUT2D eigenvalue weighted by Gasteiger charge is 2.47. The Morgan fingerprint density at radius 1 is 0.848 bits per heavy atom. The lowest BCUT2D eigenvalue weighted by molar-refractivity contribution is -0.132. The van der Waals surface area contributed by atoms with Gasteiger partial charge in [-0.3, -0.25) is 14.5 Å². The van der Waals surface area contributed by atoms with E-state index in [4.69, 9.17) is 9.47 Å². The number of methoxy groups -OCH3 is 2. The summed E-state index contributed by atoms with van der Waals surface area (Å²) in [5.41, 5.74) is 3.63.